The zero-order valence-corrected chi connectivity index (χ0v) is 11.8. The number of carboxylic acid groups (broad SMARTS) is 1. The third kappa shape index (κ3) is 2.79. The number of hydrogen-bond acceptors (Lipinski definition) is 2. The fraction of sp³-hybridized carbons (Fsp3) is 0.286. The molecule has 2 aromatic rings. The maximum atomic E-state index is 11.1. The Labute approximate surface area is 116 Å². The number of nitrogens with zero attached hydrogens (tertiary/aromatic N) is 2. The summed E-state index contributed by atoms with van der Waals surface area (Å²) >= 11 is 5.99. The van der Waals surface area contributed by atoms with Crippen LogP contribution in [0.5, 0.6) is 0 Å². The second kappa shape index (κ2) is 5.05. The Balaban J connectivity index is 2.61. The lowest BCUT2D eigenvalue weighted by Crippen LogP contribution is -1.97. The summed E-state index contributed by atoms with van der Waals surface area (Å²) in [6.45, 7) is 4.10. The standard InChI is InChI=1S/C14H15ClN2O2/c1-8(2)13-12(7-17(3)16-13)9-4-10(14(18)19)6-11(15)5-9/h4-8H,1-3H3,(H,18,19). The molecule has 0 aliphatic heterocycles. The highest BCUT2D eigenvalue weighted by Crippen LogP contribution is 2.30. The van der Waals surface area contributed by atoms with Crippen LogP contribution in [-0.2, 0) is 7.05 Å². The van der Waals surface area contributed by atoms with Crippen LogP contribution in [-0.4, -0.2) is 20.9 Å². The summed E-state index contributed by atoms with van der Waals surface area (Å²) in [5.41, 5.74) is 2.81. The van der Waals surface area contributed by atoms with E-state index < -0.39 is 5.97 Å². The summed E-state index contributed by atoms with van der Waals surface area (Å²) in [6.07, 6.45) is 1.88. The second-order valence-electron chi connectivity index (χ2n) is 4.79. The molecule has 4 nitrogen and oxygen atoms in total. The molecular formula is C14H15ClN2O2. The molecule has 19 heavy (non-hydrogen) atoms. The SMILES string of the molecule is CC(C)c1nn(C)cc1-c1cc(Cl)cc(C(=O)O)c1. The highest BCUT2D eigenvalue weighted by molar-refractivity contribution is 6.31. The number of aryl methyl sites for hydroxylation is 1. The van der Waals surface area contributed by atoms with E-state index in [1.807, 2.05) is 13.2 Å². The van der Waals surface area contributed by atoms with Gasteiger partial charge < -0.3 is 5.11 Å². The molecule has 2 rings (SSSR count). The Morgan fingerprint density at radius 2 is 2.05 bits per heavy atom. The normalized spacial score (nSPS) is 11.0. The predicted molar refractivity (Wildman–Crippen MR) is 74.7 cm³/mol. The summed E-state index contributed by atoms with van der Waals surface area (Å²) in [5.74, 6) is -0.734. The Morgan fingerprint density at radius 1 is 1.37 bits per heavy atom. The zero-order chi connectivity index (χ0) is 14.2. The summed E-state index contributed by atoms with van der Waals surface area (Å²) in [6, 6.07) is 4.83. The Kier molecular flexibility index (Phi) is 3.62. The molecule has 0 fully saturated rings. The van der Waals surface area contributed by atoms with Gasteiger partial charge in [-0.05, 0) is 29.7 Å². The largest absolute Gasteiger partial charge is 0.478 e. The Morgan fingerprint density at radius 3 is 2.63 bits per heavy atom. The van der Waals surface area contributed by atoms with E-state index in [0.29, 0.717) is 5.02 Å². The topological polar surface area (TPSA) is 55.1 Å². The fourth-order valence-corrected chi connectivity index (χ4v) is 2.26. The minimum Gasteiger partial charge on any atom is -0.478 e. The summed E-state index contributed by atoms with van der Waals surface area (Å²) in [7, 11) is 1.85. The molecule has 0 radical (unpaired) electrons. The number of aromatic nitrogens is 2. The molecule has 0 saturated carbocycles. The zero-order valence-electron chi connectivity index (χ0n) is 11.0. The lowest BCUT2D eigenvalue weighted by Gasteiger charge is -2.07. The number of benzene rings is 1. The summed E-state index contributed by atoms with van der Waals surface area (Å²) in [5, 5.41) is 13.9. The number of carbonyl (C=O) groups is 1. The quantitative estimate of drug-likeness (QED) is 0.934. The molecule has 1 aromatic heterocycles. The molecule has 100 valence electrons. The number of halogens is 1. The van der Waals surface area contributed by atoms with Crippen molar-refractivity contribution in [2.45, 2.75) is 19.8 Å². The van der Waals surface area contributed by atoms with E-state index in [9.17, 15) is 4.79 Å². The van der Waals surface area contributed by atoms with Gasteiger partial charge in [-0.15, -0.1) is 0 Å². The van der Waals surface area contributed by atoms with Crippen molar-refractivity contribution in [1.29, 1.82) is 0 Å². The van der Waals surface area contributed by atoms with Crippen LogP contribution in [0.3, 0.4) is 0 Å². The Hall–Kier alpha value is -1.81. The van der Waals surface area contributed by atoms with Gasteiger partial charge in [-0.2, -0.15) is 5.10 Å². The third-order valence-electron chi connectivity index (χ3n) is 2.86. The van der Waals surface area contributed by atoms with Gasteiger partial charge in [0.15, 0.2) is 0 Å². The molecule has 0 spiro atoms. The van der Waals surface area contributed by atoms with Gasteiger partial charge in [0, 0.05) is 23.8 Å². The highest BCUT2D eigenvalue weighted by Gasteiger charge is 2.15. The van der Waals surface area contributed by atoms with Crippen molar-refractivity contribution in [3.63, 3.8) is 0 Å². The summed E-state index contributed by atoms with van der Waals surface area (Å²) in [4.78, 5) is 11.1. The first-order valence-electron chi connectivity index (χ1n) is 5.96. The van der Waals surface area contributed by atoms with Crippen LogP contribution in [0.1, 0.15) is 35.8 Å². The van der Waals surface area contributed by atoms with Gasteiger partial charge >= 0.3 is 5.97 Å². The lowest BCUT2D eigenvalue weighted by atomic mass is 9.99. The number of hydrogen-bond donors (Lipinski definition) is 1. The van der Waals surface area contributed by atoms with E-state index in [1.165, 1.54) is 6.07 Å². The number of aromatic carboxylic acids is 1. The first kappa shape index (κ1) is 13.6. The van der Waals surface area contributed by atoms with Gasteiger partial charge in [0.1, 0.15) is 0 Å². The molecule has 0 atom stereocenters. The molecule has 1 aromatic carbocycles. The molecular weight excluding hydrogens is 264 g/mol. The average Bonchev–Trinajstić information content (AvgIpc) is 2.70. The Bertz CT molecular complexity index is 632. The van der Waals surface area contributed by atoms with Crippen LogP contribution in [0.25, 0.3) is 11.1 Å². The molecule has 0 saturated heterocycles. The summed E-state index contributed by atoms with van der Waals surface area (Å²) < 4.78 is 1.73. The van der Waals surface area contributed by atoms with Crippen LogP contribution >= 0.6 is 11.6 Å². The van der Waals surface area contributed by atoms with E-state index in [0.717, 1.165) is 16.8 Å². The van der Waals surface area contributed by atoms with E-state index in [4.69, 9.17) is 16.7 Å². The van der Waals surface area contributed by atoms with Crippen LogP contribution in [0, 0.1) is 0 Å². The minimum absolute atomic E-state index is 0.182. The second-order valence-corrected chi connectivity index (χ2v) is 5.23. The minimum atomic E-state index is -0.987. The molecule has 0 aliphatic rings. The molecule has 0 bridgehead atoms. The van der Waals surface area contributed by atoms with Gasteiger partial charge in [0.2, 0.25) is 0 Å². The van der Waals surface area contributed by atoms with Crippen molar-refractivity contribution >= 4 is 17.6 Å². The van der Waals surface area contributed by atoms with Crippen molar-refractivity contribution in [2.24, 2.45) is 7.05 Å². The number of rotatable bonds is 3. The lowest BCUT2D eigenvalue weighted by molar-refractivity contribution is 0.0697. The van der Waals surface area contributed by atoms with Crippen LogP contribution < -0.4 is 0 Å². The first-order chi connectivity index (χ1) is 8.88. The first-order valence-corrected chi connectivity index (χ1v) is 6.34. The maximum absolute atomic E-state index is 11.1. The molecule has 0 amide bonds. The van der Waals surface area contributed by atoms with Gasteiger partial charge in [0.25, 0.3) is 0 Å². The average molecular weight is 279 g/mol. The van der Waals surface area contributed by atoms with Gasteiger partial charge in [0.05, 0.1) is 11.3 Å². The van der Waals surface area contributed by atoms with Crippen molar-refractivity contribution in [3.05, 3.63) is 40.7 Å². The van der Waals surface area contributed by atoms with Crippen molar-refractivity contribution < 1.29 is 9.90 Å². The van der Waals surface area contributed by atoms with Crippen molar-refractivity contribution in [3.8, 4) is 11.1 Å². The van der Waals surface area contributed by atoms with Crippen LogP contribution in [0.4, 0.5) is 0 Å². The van der Waals surface area contributed by atoms with Crippen LogP contribution in [0.2, 0.25) is 5.02 Å². The molecule has 1 N–H and O–H groups in total. The predicted octanol–water partition coefficient (Wildman–Crippen LogP) is 3.56. The molecule has 1 heterocycles. The van der Waals surface area contributed by atoms with Gasteiger partial charge in [-0.1, -0.05) is 25.4 Å². The van der Waals surface area contributed by atoms with Crippen molar-refractivity contribution in [2.75, 3.05) is 0 Å². The molecule has 0 aliphatic carbocycles. The molecule has 0 unspecified atom stereocenters. The van der Waals surface area contributed by atoms with Crippen LogP contribution in [0.15, 0.2) is 24.4 Å². The van der Waals surface area contributed by atoms with Gasteiger partial charge in [-0.25, -0.2) is 4.79 Å². The van der Waals surface area contributed by atoms with E-state index >= 15 is 0 Å². The fourth-order valence-electron chi connectivity index (χ4n) is 2.02. The molecule has 5 heteroatoms. The van der Waals surface area contributed by atoms with E-state index in [2.05, 4.69) is 18.9 Å². The van der Waals surface area contributed by atoms with E-state index in [1.54, 1.807) is 16.8 Å². The maximum Gasteiger partial charge on any atom is 0.335 e. The smallest absolute Gasteiger partial charge is 0.335 e. The highest BCUT2D eigenvalue weighted by atomic mass is 35.5. The monoisotopic (exact) mass is 278 g/mol. The van der Waals surface area contributed by atoms with Crippen molar-refractivity contribution in [1.82, 2.24) is 9.78 Å². The van der Waals surface area contributed by atoms with Gasteiger partial charge in [-0.3, -0.25) is 4.68 Å². The third-order valence-corrected chi connectivity index (χ3v) is 3.08. The van der Waals surface area contributed by atoms with E-state index in [-0.39, 0.29) is 11.5 Å². The number of carboxylic acids is 1.